The maximum atomic E-state index is 6.31. The van der Waals surface area contributed by atoms with Crippen molar-refractivity contribution in [1.82, 2.24) is 9.78 Å². The minimum atomic E-state index is -0.143. The Labute approximate surface area is 129 Å². The SMILES string of the molecule is COc1ccc(OC)c(C(N)CSc2cc(C)nn2C)c1. The van der Waals surface area contributed by atoms with Gasteiger partial charge in [-0.1, -0.05) is 0 Å². The largest absolute Gasteiger partial charge is 0.497 e. The van der Waals surface area contributed by atoms with E-state index in [2.05, 4.69) is 11.2 Å². The van der Waals surface area contributed by atoms with E-state index in [9.17, 15) is 0 Å². The molecule has 21 heavy (non-hydrogen) atoms. The lowest BCUT2D eigenvalue weighted by Gasteiger charge is -2.16. The molecule has 0 aliphatic carbocycles. The summed E-state index contributed by atoms with van der Waals surface area (Å²) in [7, 11) is 5.23. The summed E-state index contributed by atoms with van der Waals surface area (Å²) in [5.41, 5.74) is 8.27. The first-order valence-electron chi connectivity index (χ1n) is 6.66. The van der Waals surface area contributed by atoms with Crippen molar-refractivity contribution in [2.45, 2.75) is 18.0 Å². The summed E-state index contributed by atoms with van der Waals surface area (Å²) >= 11 is 1.68. The second-order valence-corrected chi connectivity index (χ2v) is 5.81. The molecule has 0 bridgehead atoms. The molecular weight excluding hydrogens is 286 g/mol. The second-order valence-electron chi connectivity index (χ2n) is 4.77. The molecule has 0 aliphatic rings. The molecule has 0 aliphatic heterocycles. The predicted octanol–water partition coefficient (Wildman–Crippen LogP) is 2.54. The van der Waals surface area contributed by atoms with E-state index in [0.717, 1.165) is 33.5 Å². The molecule has 6 heteroatoms. The van der Waals surface area contributed by atoms with Gasteiger partial charge in [-0.3, -0.25) is 4.68 Å². The van der Waals surface area contributed by atoms with Gasteiger partial charge in [-0.2, -0.15) is 5.10 Å². The summed E-state index contributed by atoms with van der Waals surface area (Å²) < 4.78 is 12.5. The van der Waals surface area contributed by atoms with Gasteiger partial charge in [0.15, 0.2) is 0 Å². The van der Waals surface area contributed by atoms with E-state index in [1.807, 2.05) is 36.9 Å². The van der Waals surface area contributed by atoms with Crippen molar-refractivity contribution in [2.24, 2.45) is 12.8 Å². The first-order chi connectivity index (χ1) is 10.0. The fourth-order valence-corrected chi connectivity index (χ4v) is 3.13. The summed E-state index contributed by atoms with van der Waals surface area (Å²) in [5, 5.41) is 5.43. The maximum Gasteiger partial charge on any atom is 0.123 e. The number of ether oxygens (including phenoxy) is 2. The number of hydrogen-bond acceptors (Lipinski definition) is 5. The Hall–Kier alpha value is -1.66. The Bertz CT molecular complexity index is 613. The molecule has 0 spiro atoms. The quantitative estimate of drug-likeness (QED) is 0.831. The highest BCUT2D eigenvalue weighted by Gasteiger charge is 2.15. The summed E-state index contributed by atoms with van der Waals surface area (Å²) in [6.07, 6.45) is 0. The fourth-order valence-electron chi connectivity index (χ4n) is 2.12. The summed E-state index contributed by atoms with van der Waals surface area (Å²) in [6, 6.07) is 7.59. The molecule has 1 aromatic carbocycles. The molecule has 1 atom stereocenters. The molecule has 1 unspecified atom stereocenters. The standard InChI is InChI=1S/C15H21N3O2S/c1-10-7-15(18(2)17-10)21-9-13(16)12-8-11(19-3)5-6-14(12)20-4/h5-8,13H,9,16H2,1-4H3. The van der Waals surface area contributed by atoms with Gasteiger partial charge in [0, 0.05) is 24.4 Å². The molecule has 0 saturated heterocycles. The monoisotopic (exact) mass is 307 g/mol. The zero-order valence-corrected chi connectivity index (χ0v) is 13.6. The Balaban J connectivity index is 2.12. The van der Waals surface area contributed by atoms with Gasteiger partial charge in [-0.25, -0.2) is 0 Å². The van der Waals surface area contributed by atoms with Crippen LogP contribution in [0.15, 0.2) is 29.3 Å². The third kappa shape index (κ3) is 3.71. The van der Waals surface area contributed by atoms with Crippen molar-refractivity contribution in [3.05, 3.63) is 35.5 Å². The maximum absolute atomic E-state index is 6.31. The average molecular weight is 307 g/mol. The number of aromatic nitrogens is 2. The first kappa shape index (κ1) is 15.7. The highest BCUT2D eigenvalue weighted by atomic mass is 32.2. The molecule has 2 rings (SSSR count). The van der Waals surface area contributed by atoms with Crippen LogP contribution in [0.2, 0.25) is 0 Å². The van der Waals surface area contributed by atoms with Crippen molar-refractivity contribution in [2.75, 3.05) is 20.0 Å². The minimum absolute atomic E-state index is 0.143. The van der Waals surface area contributed by atoms with Gasteiger partial charge in [-0.15, -0.1) is 11.8 Å². The van der Waals surface area contributed by atoms with Gasteiger partial charge >= 0.3 is 0 Å². The first-order valence-corrected chi connectivity index (χ1v) is 7.64. The molecule has 0 amide bonds. The number of methoxy groups -OCH3 is 2. The van der Waals surface area contributed by atoms with Crippen LogP contribution in [0.25, 0.3) is 0 Å². The fraction of sp³-hybridized carbons (Fsp3) is 0.400. The molecule has 0 fully saturated rings. The van der Waals surface area contributed by atoms with Gasteiger partial charge in [0.25, 0.3) is 0 Å². The Morgan fingerprint density at radius 1 is 1.29 bits per heavy atom. The van der Waals surface area contributed by atoms with Crippen LogP contribution in [-0.2, 0) is 7.05 Å². The second kappa shape index (κ2) is 6.87. The normalized spacial score (nSPS) is 12.2. The van der Waals surface area contributed by atoms with Gasteiger partial charge in [0.1, 0.15) is 11.5 Å². The lowest BCUT2D eigenvalue weighted by Crippen LogP contribution is -2.14. The van der Waals surface area contributed by atoms with Crippen molar-refractivity contribution in [3.8, 4) is 11.5 Å². The van der Waals surface area contributed by atoms with Crippen molar-refractivity contribution in [3.63, 3.8) is 0 Å². The van der Waals surface area contributed by atoms with E-state index in [1.165, 1.54) is 0 Å². The van der Waals surface area contributed by atoms with Gasteiger partial charge in [0.05, 0.1) is 24.9 Å². The lowest BCUT2D eigenvalue weighted by atomic mass is 10.1. The van der Waals surface area contributed by atoms with Crippen LogP contribution < -0.4 is 15.2 Å². The van der Waals surface area contributed by atoms with E-state index in [1.54, 1.807) is 26.0 Å². The van der Waals surface area contributed by atoms with Crippen molar-refractivity contribution < 1.29 is 9.47 Å². The molecule has 0 saturated carbocycles. The molecule has 2 N–H and O–H groups in total. The Morgan fingerprint density at radius 2 is 2.05 bits per heavy atom. The number of nitrogens with two attached hydrogens (primary N) is 1. The number of benzene rings is 1. The molecule has 5 nitrogen and oxygen atoms in total. The van der Waals surface area contributed by atoms with Crippen LogP contribution in [0.5, 0.6) is 11.5 Å². The Morgan fingerprint density at radius 3 is 2.62 bits per heavy atom. The van der Waals surface area contributed by atoms with E-state index >= 15 is 0 Å². The number of rotatable bonds is 6. The minimum Gasteiger partial charge on any atom is -0.497 e. The van der Waals surface area contributed by atoms with Gasteiger partial charge in [-0.05, 0) is 31.2 Å². The zero-order chi connectivity index (χ0) is 15.4. The zero-order valence-electron chi connectivity index (χ0n) is 12.8. The van der Waals surface area contributed by atoms with Gasteiger partial charge in [0.2, 0.25) is 0 Å². The third-order valence-electron chi connectivity index (χ3n) is 3.21. The lowest BCUT2D eigenvalue weighted by molar-refractivity contribution is 0.396. The van der Waals surface area contributed by atoms with Crippen LogP contribution in [0, 0.1) is 6.92 Å². The topological polar surface area (TPSA) is 62.3 Å². The number of aryl methyl sites for hydroxylation is 2. The highest BCUT2D eigenvalue weighted by molar-refractivity contribution is 7.99. The Kier molecular flexibility index (Phi) is 5.14. The third-order valence-corrected chi connectivity index (χ3v) is 4.41. The molecule has 1 aromatic heterocycles. The summed E-state index contributed by atoms with van der Waals surface area (Å²) in [6.45, 7) is 1.98. The number of thioether (sulfide) groups is 1. The molecule has 2 aromatic rings. The van der Waals surface area contributed by atoms with Crippen LogP contribution >= 0.6 is 11.8 Å². The number of nitrogens with zero attached hydrogens (tertiary/aromatic N) is 2. The highest BCUT2D eigenvalue weighted by Crippen LogP contribution is 2.31. The van der Waals surface area contributed by atoms with Crippen LogP contribution in [0.3, 0.4) is 0 Å². The van der Waals surface area contributed by atoms with E-state index in [-0.39, 0.29) is 6.04 Å². The van der Waals surface area contributed by atoms with E-state index in [0.29, 0.717) is 0 Å². The van der Waals surface area contributed by atoms with Crippen LogP contribution in [0.4, 0.5) is 0 Å². The molecular formula is C15H21N3O2S. The van der Waals surface area contributed by atoms with Crippen LogP contribution in [0.1, 0.15) is 17.3 Å². The number of hydrogen-bond donors (Lipinski definition) is 1. The molecule has 0 radical (unpaired) electrons. The van der Waals surface area contributed by atoms with Crippen LogP contribution in [-0.4, -0.2) is 29.8 Å². The average Bonchev–Trinajstić information content (AvgIpc) is 2.81. The summed E-state index contributed by atoms with van der Waals surface area (Å²) in [4.78, 5) is 0. The van der Waals surface area contributed by atoms with E-state index < -0.39 is 0 Å². The van der Waals surface area contributed by atoms with Crippen molar-refractivity contribution in [1.29, 1.82) is 0 Å². The molecule has 114 valence electrons. The van der Waals surface area contributed by atoms with Gasteiger partial charge < -0.3 is 15.2 Å². The van der Waals surface area contributed by atoms with Crippen molar-refractivity contribution >= 4 is 11.8 Å². The van der Waals surface area contributed by atoms with E-state index in [4.69, 9.17) is 15.2 Å². The predicted molar refractivity (Wildman–Crippen MR) is 85.1 cm³/mol. The summed E-state index contributed by atoms with van der Waals surface area (Å²) in [5.74, 6) is 2.30. The molecule has 1 heterocycles. The smallest absolute Gasteiger partial charge is 0.123 e.